The Morgan fingerprint density at radius 2 is 2.05 bits per heavy atom. The van der Waals surface area contributed by atoms with Gasteiger partial charge in [-0.05, 0) is 51.3 Å². The summed E-state index contributed by atoms with van der Waals surface area (Å²) in [4.78, 5) is 18.2. The molecule has 0 amide bonds. The van der Waals surface area contributed by atoms with Crippen LogP contribution in [0.3, 0.4) is 0 Å². The number of benzene rings is 1. The smallest absolute Gasteiger partial charge is 0.319 e. The molecule has 0 radical (unpaired) electrons. The summed E-state index contributed by atoms with van der Waals surface area (Å²) < 4.78 is 58.6. The zero-order valence-corrected chi connectivity index (χ0v) is 22.7. The maximum atomic E-state index is 16.4. The van der Waals surface area contributed by atoms with Gasteiger partial charge in [0.05, 0.1) is 17.3 Å². The maximum Gasteiger partial charge on any atom is 0.319 e. The van der Waals surface area contributed by atoms with Crippen LogP contribution < -0.4 is 25.4 Å². The van der Waals surface area contributed by atoms with Crippen LogP contribution in [0.1, 0.15) is 39.0 Å². The quantitative estimate of drug-likeness (QED) is 0.458. The zero-order chi connectivity index (χ0) is 28.0. The predicted octanol–water partition coefficient (Wildman–Crippen LogP) is 3.60. The van der Waals surface area contributed by atoms with Crippen molar-refractivity contribution < 1.29 is 22.6 Å². The fraction of sp³-hybridized carbons (Fsp3) is 0.552. The van der Waals surface area contributed by atoms with Crippen molar-refractivity contribution in [3.8, 4) is 23.1 Å². The lowest BCUT2D eigenvalue weighted by Gasteiger charge is -2.42. The van der Waals surface area contributed by atoms with E-state index in [0.717, 1.165) is 32.2 Å². The second kappa shape index (κ2) is 9.06. The standard InChI is InChI=1S/C29H32F3N7O2/c1-14-25-19-7-6-16(34-19)12-39(25)26-20-24(22(32)23(35-27(20)41-14)17-4-2-5-18(33)21(17)31)36-28(37-26)40-13-29-8-3-9-38(29)11-15(30)10-29/h2,4-5,14-16,19,25,34H,3,6-13,33H2,1H3/t14-,15+,16+,19-,25+,29-/m0/s1. The minimum Gasteiger partial charge on any atom is -0.472 e. The van der Waals surface area contributed by atoms with Gasteiger partial charge in [0.15, 0.2) is 11.6 Å². The van der Waals surface area contributed by atoms with E-state index in [4.69, 9.17) is 20.2 Å². The molecule has 4 saturated heterocycles. The van der Waals surface area contributed by atoms with Crippen molar-refractivity contribution in [2.75, 3.05) is 36.9 Å². The molecule has 9 nitrogen and oxygen atoms in total. The van der Waals surface area contributed by atoms with E-state index in [1.807, 2.05) is 6.92 Å². The fourth-order valence-corrected chi connectivity index (χ4v) is 7.91. The lowest BCUT2D eigenvalue weighted by Crippen LogP contribution is -2.62. The maximum absolute atomic E-state index is 16.4. The van der Waals surface area contributed by atoms with Gasteiger partial charge in [-0.15, -0.1) is 0 Å². The van der Waals surface area contributed by atoms with E-state index in [9.17, 15) is 4.39 Å². The van der Waals surface area contributed by atoms with Crippen molar-refractivity contribution in [1.29, 1.82) is 0 Å². The Morgan fingerprint density at radius 3 is 2.93 bits per heavy atom. The Balaban J connectivity index is 1.30. The van der Waals surface area contributed by atoms with E-state index < -0.39 is 23.3 Å². The van der Waals surface area contributed by atoms with E-state index >= 15 is 8.78 Å². The number of rotatable bonds is 4. The molecule has 216 valence electrons. The van der Waals surface area contributed by atoms with Crippen LogP contribution in [0.15, 0.2) is 18.2 Å². The highest BCUT2D eigenvalue weighted by atomic mass is 19.1. The molecule has 5 aliphatic heterocycles. The highest BCUT2D eigenvalue weighted by Crippen LogP contribution is 2.45. The number of anilines is 2. The number of hydrogen-bond acceptors (Lipinski definition) is 9. The van der Waals surface area contributed by atoms with Crippen molar-refractivity contribution in [3.05, 3.63) is 29.8 Å². The third-order valence-corrected chi connectivity index (χ3v) is 9.74. The Bertz CT molecular complexity index is 1560. The third-order valence-electron chi connectivity index (χ3n) is 9.74. The van der Waals surface area contributed by atoms with Gasteiger partial charge in [0.2, 0.25) is 5.88 Å². The molecule has 3 N–H and O–H groups in total. The van der Waals surface area contributed by atoms with E-state index in [1.165, 1.54) is 12.1 Å². The number of aromatic nitrogens is 3. The normalized spacial score (nSPS) is 32.1. The van der Waals surface area contributed by atoms with Crippen LogP contribution in [0.5, 0.6) is 11.9 Å². The topological polar surface area (TPSA) is 102 Å². The predicted molar refractivity (Wildman–Crippen MR) is 147 cm³/mol. The van der Waals surface area contributed by atoms with E-state index in [1.54, 1.807) is 6.07 Å². The lowest BCUT2D eigenvalue weighted by atomic mass is 9.95. The van der Waals surface area contributed by atoms with Gasteiger partial charge in [0, 0.05) is 37.2 Å². The van der Waals surface area contributed by atoms with Gasteiger partial charge in [-0.1, -0.05) is 6.07 Å². The average molecular weight is 568 g/mol. The van der Waals surface area contributed by atoms with Crippen molar-refractivity contribution in [1.82, 2.24) is 25.2 Å². The number of halogens is 3. The van der Waals surface area contributed by atoms with Gasteiger partial charge in [0.1, 0.15) is 41.3 Å². The van der Waals surface area contributed by atoms with Gasteiger partial charge >= 0.3 is 6.01 Å². The number of hydrogen-bond donors (Lipinski definition) is 2. The molecule has 6 atom stereocenters. The number of nitrogens with one attached hydrogen (secondary N) is 1. The molecule has 1 aromatic carbocycles. The first-order valence-corrected chi connectivity index (χ1v) is 14.5. The fourth-order valence-electron chi connectivity index (χ4n) is 7.91. The van der Waals surface area contributed by atoms with Gasteiger partial charge in [0.25, 0.3) is 0 Å². The highest BCUT2D eigenvalue weighted by molar-refractivity contribution is 5.97. The molecule has 2 bridgehead atoms. The number of alkyl halides is 1. The molecular formula is C29H32F3N7O2. The summed E-state index contributed by atoms with van der Waals surface area (Å²) in [6.45, 7) is 4.05. The lowest BCUT2D eigenvalue weighted by molar-refractivity contribution is 0.107. The van der Waals surface area contributed by atoms with Crippen molar-refractivity contribution in [2.45, 2.75) is 75.0 Å². The third kappa shape index (κ3) is 3.79. The largest absolute Gasteiger partial charge is 0.472 e. The number of ether oxygens (including phenoxy) is 2. The molecule has 41 heavy (non-hydrogen) atoms. The summed E-state index contributed by atoms with van der Waals surface area (Å²) in [5.74, 6) is -0.928. The summed E-state index contributed by atoms with van der Waals surface area (Å²) in [6.07, 6.45) is 2.97. The highest BCUT2D eigenvalue weighted by Gasteiger charge is 2.50. The first-order valence-electron chi connectivity index (χ1n) is 14.5. The van der Waals surface area contributed by atoms with Crippen LogP contribution in [-0.4, -0.2) is 82.0 Å². The van der Waals surface area contributed by atoms with Gasteiger partial charge in [-0.25, -0.2) is 18.2 Å². The summed E-state index contributed by atoms with van der Waals surface area (Å²) in [5, 5.41) is 4.02. The summed E-state index contributed by atoms with van der Waals surface area (Å²) in [7, 11) is 0. The molecule has 0 saturated carbocycles. The molecule has 12 heteroatoms. The van der Waals surface area contributed by atoms with Crippen LogP contribution >= 0.6 is 0 Å². The summed E-state index contributed by atoms with van der Waals surface area (Å²) >= 11 is 0. The van der Waals surface area contributed by atoms with Gasteiger partial charge in [-0.3, -0.25) is 4.90 Å². The second-order valence-electron chi connectivity index (χ2n) is 12.2. The number of fused-ring (bicyclic) bond motifs is 6. The van der Waals surface area contributed by atoms with E-state index in [2.05, 4.69) is 25.1 Å². The SMILES string of the molecule is C[C@@H]1Oc2nc(-c3cccc(N)c3F)c(F)c3nc(OC[C@@]45CCCN4C[C@H](F)C5)nc(c23)N2C[C@H]3CC[C@H](N3)[C@@H]12. The monoisotopic (exact) mass is 567 g/mol. The molecule has 5 aliphatic rings. The van der Waals surface area contributed by atoms with Crippen molar-refractivity contribution in [3.63, 3.8) is 0 Å². The number of nitrogens with zero attached hydrogens (tertiary/aromatic N) is 5. The van der Waals surface area contributed by atoms with Crippen LogP contribution in [0.25, 0.3) is 22.2 Å². The molecule has 8 rings (SSSR count). The van der Waals surface area contributed by atoms with Crippen molar-refractivity contribution in [2.24, 2.45) is 0 Å². The minimum absolute atomic E-state index is 0.00487. The van der Waals surface area contributed by atoms with Gasteiger partial charge in [-0.2, -0.15) is 9.97 Å². The number of nitrogens with two attached hydrogens (primary N) is 1. The minimum atomic E-state index is -0.904. The van der Waals surface area contributed by atoms with Gasteiger partial charge < -0.3 is 25.4 Å². The number of pyridine rings is 1. The Morgan fingerprint density at radius 1 is 1.17 bits per heavy atom. The summed E-state index contributed by atoms with van der Waals surface area (Å²) in [6, 6.07) is 4.74. The van der Waals surface area contributed by atoms with E-state index in [-0.39, 0.29) is 65.2 Å². The Kier molecular flexibility index (Phi) is 5.60. The summed E-state index contributed by atoms with van der Waals surface area (Å²) in [5.41, 5.74) is 4.91. The molecule has 7 heterocycles. The Labute approximate surface area is 235 Å². The van der Waals surface area contributed by atoms with Crippen LogP contribution in [0, 0.1) is 11.6 Å². The molecule has 2 aromatic heterocycles. The molecule has 0 spiro atoms. The average Bonchev–Trinajstić information content (AvgIpc) is 3.59. The second-order valence-corrected chi connectivity index (χ2v) is 12.2. The first kappa shape index (κ1) is 25.3. The zero-order valence-electron chi connectivity index (χ0n) is 22.7. The number of nitrogen functional groups attached to an aromatic ring is 1. The Hall–Kier alpha value is -3.38. The van der Waals surface area contributed by atoms with Crippen LogP contribution in [0.2, 0.25) is 0 Å². The van der Waals surface area contributed by atoms with Crippen molar-refractivity contribution >= 4 is 22.4 Å². The molecule has 3 aromatic rings. The molecule has 0 unspecified atom stereocenters. The number of piperazine rings is 1. The molecule has 4 fully saturated rings. The van der Waals surface area contributed by atoms with Crippen LogP contribution in [0.4, 0.5) is 24.7 Å². The molecule has 0 aliphatic carbocycles. The van der Waals surface area contributed by atoms with E-state index in [0.29, 0.717) is 30.7 Å². The first-order chi connectivity index (χ1) is 19.8. The molecular weight excluding hydrogens is 535 g/mol. The van der Waals surface area contributed by atoms with Crippen LogP contribution in [-0.2, 0) is 0 Å².